The molecule has 0 unspecified atom stereocenters. The zero-order valence-electron chi connectivity index (χ0n) is 11.2. The molecule has 5 heteroatoms. The lowest BCUT2D eigenvalue weighted by molar-refractivity contribution is 0.237. The number of hydrogen-bond donors (Lipinski definition) is 2. The maximum atomic E-state index is 5.97. The Morgan fingerprint density at radius 1 is 1.16 bits per heavy atom. The molecule has 1 aromatic carbocycles. The van der Waals surface area contributed by atoms with Gasteiger partial charge in [-0.05, 0) is 38.1 Å². The van der Waals surface area contributed by atoms with Gasteiger partial charge in [0.15, 0.2) is 0 Å². The van der Waals surface area contributed by atoms with E-state index in [1.807, 2.05) is 6.07 Å². The molecule has 0 aliphatic carbocycles. The minimum absolute atomic E-state index is 0.553. The quantitative estimate of drug-likeness (QED) is 0.826. The fraction of sp³-hybridized carbons (Fsp3) is 0.429. The highest BCUT2D eigenvalue weighted by Gasteiger charge is 2.13. The molecule has 2 rings (SSSR count). The lowest BCUT2D eigenvalue weighted by atomic mass is 10.1. The Morgan fingerprint density at radius 2 is 1.95 bits per heavy atom. The summed E-state index contributed by atoms with van der Waals surface area (Å²) in [5.41, 5.74) is 8.49. The summed E-state index contributed by atoms with van der Waals surface area (Å²) in [7, 11) is 0. The number of rotatable bonds is 4. The molecule has 0 aromatic heterocycles. The number of halogens is 2. The van der Waals surface area contributed by atoms with E-state index in [2.05, 4.69) is 35.7 Å². The van der Waals surface area contributed by atoms with Crippen LogP contribution in [0, 0.1) is 0 Å². The normalized spacial score (nSPS) is 16.4. The molecule has 0 radical (unpaired) electrons. The maximum Gasteiger partial charge on any atom is 0.0613 e. The first kappa shape index (κ1) is 14.5. The smallest absolute Gasteiger partial charge is 0.0613 e. The fourth-order valence-corrected chi connectivity index (χ4v) is 2.29. The second-order valence-electron chi connectivity index (χ2n) is 4.95. The van der Waals surface area contributed by atoms with Crippen molar-refractivity contribution in [2.75, 3.05) is 18.5 Å². The summed E-state index contributed by atoms with van der Waals surface area (Å²) in [5, 5.41) is 1.12. The van der Waals surface area contributed by atoms with E-state index in [0.717, 1.165) is 25.2 Å². The minimum Gasteiger partial charge on any atom is -0.305 e. The fourth-order valence-electron chi connectivity index (χ4n) is 1.99. The van der Waals surface area contributed by atoms with Gasteiger partial charge < -0.3 is 10.9 Å². The molecule has 0 spiro atoms. The third-order valence-electron chi connectivity index (χ3n) is 3.26. The van der Waals surface area contributed by atoms with Crippen LogP contribution in [0.2, 0.25) is 10.0 Å². The highest BCUT2D eigenvalue weighted by atomic mass is 35.5. The van der Waals surface area contributed by atoms with Crippen molar-refractivity contribution in [1.82, 2.24) is 10.3 Å². The van der Waals surface area contributed by atoms with Crippen LogP contribution in [0.1, 0.15) is 20.3 Å². The molecular formula is C14H19Cl2N3. The standard InChI is InChI=1S/C14H19Cl2N3/c1-10(2)19-7-5-11(6-8-19)17-18-12-3-4-13(15)14(16)9-12/h3-5,9-10,17-18H,6-8H2,1-2H3. The van der Waals surface area contributed by atoms with E-state index < -0.39 is 0 Å². The molecule has 1 aliphatic rings. The Bertz CT molecular complexity index is 472. The van der Waals surface area contributed by atoms with E-state index in [4.69, 9.17) is 23.2 Å². The number of hydrogen-bond acceptors (Lipinski definition) is 3. The van der Waals surface area contributed by atoms with Gasteiger partial charge in [0, 0.05) is 31.2 Å². The third kappa shape index (κ3) is 4.03. The topological polar surface area (TPSA) is 27.3 Å². The van der Waals surface area contributed by atoms with E-state index in [-0.39, 0.29) is 0 Å². The molecule has 1 aliphatic heterocycles. The number of hydrazine groups is 1. The zero-order chi connectivity index (χ0) is 13.8. The van der Waals surface area contributed by atoms with E-state index in [1.54, 1.807) is 12.1 Å². The molecule has 0 fully saturated rings. The van der Waals surface area contributed by atoms with E-state index in [9.17, 15) is 0 Å². The lowest BCUT2D eigenvalue weighted by Gasteiger charge is -2.30. The Kier molecular flexibility index (Phi) is 4.97. The van der Waals surface area contributed by atoms with E-state index in [1.165, 1.54) is 5.70 Å². The summed E-state index contributed by atoms with van der Waals surface area (Å²) < 4.78 is 0. The molecule has 0 saturated heterocycles. The summed E-state index contributed by atoms with van der Waals surface area (Å²) in [6.07, 6.45) is 3.24. The average molecular weight is 300 g/mol. The second-order valence-corrected chi connectivity index (χ2v) is 5.76. The molecule has 0 amide bonds. The van der Waals surface area contributed by atoms with Crippen molar-refractivity contribution in [3.63, 3.8) is 0 Å². The van der Waals surface area contributed by atoms with Crippen LogP contribution in [0.5, 0.6) is 0 Å². The molecule has 0 atom stereocenters. The SMILES string of the molecule is CC(C)N1CC=C(NNc2ccc(Cl)c(Cl)c2)CC1. The molecule has 1 heterocycles. The molecule has 3 nitrogen and oxygen atoms in total. The Morgan fingerprint density at radius 3 is 2.53 bits per heavy atom. The summed E-state index contributed by atoms with van der Waals surface area (Å²) in [4.78, 5) is 2.43. The van der Waals surface area contributed by atoms with E-state index in [0.29, 0.717) is 16.1 Å². The van der Waals surface area contributed by atoms with Crippen molar-refractivity contribution in [3.8, 4) is 0 Å². The minimum atomic E-state index is 0.553. The first-order valence-corrected chi connectivity index (χ1v) is 7.22. The van der Waals surface area contributed by atoms with Crippen molar-refractivity contribution in [3.05, 3.63) is 40.0 Å². The first-order valence-electron chi connectivity index (χ1n) is 6.46. The van der Waals surface area contributed by atoms with Gasteiger partial charge >= 0.3 is 0 Å². The predicted molar refractivity (Wildman–Crippen MR) is 82.6 cm³/mol. The van der Waals surface area contributed by atoms with Gasteiger partial charge in [-0.1, -0.05) is 23.2 Å². The Balaban J connectivity index is 1.87. The number of nitrogens with one attached hydrogen (secondary N) is 2. The van der Waals surface area contributed by atoms with Crippen molar-refractivity contribution in [2.24, 2.45) is 0 Å². The van der Waals surface area contributed by atoms with Crippen LogP contribution in [-0.2, 0) is 0 Å². The van der Waals surface area contributed by atoms with Gasteiger partial charge in [0.1, 0.15) is 0 Å². The Labute approximate surface area is 124 Å². The molecule has 2 N–H and O–H groups in total. The molecule has 1 aromatic rings. The summed E-state index contributed by atoms with van der Waals surface area (Å²) in [6, 6.07) is 6.08. The number of anilines is 1. The van der Waals surface area contributed by atoms with Gasteiger partial charge in [-0.15, -0.1) is 0 Å². The predicted octanol–water partition coefficient (Wildman–Crippen LogP) is 3.91. The van der Waals surface area contributed by atoms with Crippen LogP contribution in [-0.4, -0.2) is 24.0 Å². The van der Waals surface area contributed by atoms with Crippen LogP contribution in [0.3, 0.4) is 0 Å². The van der Waals surface area contributed by atoms with Crippen LogP contribution >= 0.6 is 23.2 Å². The van der Waals surface area contributed by atoms with Gasteiger partial charge in [0.05, 0.1) is 15.7 Å². The number of benzene rings is 1. The molecule has 0 bridgehead atoms. The van der Waals surface area contributed by atoms with Crippen LogP contribution in [0.4, 0.5) is 5.69 Å². The molecule has 0 saturated carbocycles. The highest BCUT2D eigenvalue weighted by Crippen LogP contribution is 2.24. The second kappa shape index (κ2) is 6.51. The Hall–Kier alpha value is -0.900. The molecule has 104 valence electrons. The van der Waals surface area contributed by atoms with Crippen molar-refractivity contribution >= 4 is 28.9 Å². The lowest BCUT2D eigenvalue weighted by Crippen LogP contribution is -2.37. The maximum absolute atomic E-state index is 5.97. The van der Waals surface area contributed by atoms with Crippen LogP contribution in [0.25, 0.3) is 0 Å². The van der Waals surface area contributed by atoms with Gasteiger partial charge in [0.25, 0.3) is 0 Å². The van der Waals surface area contributed by atoms with Gasteiger partial charge in [-0.2, -0.15) is 0 Å². The van der Waals surface area contributed by atoms with Gasteiger partial charge in [-0.25, -0.2) is 0 Å². The summed E-state index contributed by atoms with van der Waals surface area (Å²) in [5.74, 6) is 0. The third-order valence-corrected chi connectivity index (χ3v) is 4.00. The molecule has 19 heavy (non-hydrogen) atoms. The zero-order valence-corrected chi connectivity index (χ0v) is 12.7. The van der Waals surface area contributed by atoms with Gasteiger partial charge in [-0.3, -0.25) is 4.90 Å². The number of nitrogens with zero attached hydrogens (tertiary/aromatic N) is 1. The highest BCUT2D eigenvalue weighted by molar-refractivity contribution is 6.42. The van der Waals surface area contributed by atoms with Crippen molar-refractivity contribution in [2.45, 2.75) is 26.3 Å². The van der Waals surface area contributed by atoms with Gasteiger partial charge in [0.2, 0.25) is 0 Å². The molecular weight excluding hydrogens is 281 g/mol. The van der Waals surface area contributed by atoms with Crippen LogP contribution in [0.15, 0.2) is 30.0 Å². The van der Waals surface area contributed by atoms with Crippen LogP contribution < -0.4 is 10.9 Å². The average Bonchev–Trinajstić information content (AvgIpc) is 2.40. The summed E-state index contributed by atoms with van der Waals surface area (Å²) in [6.45, 7) is 6.52. The van der Waals surface area contributed by atoms with Crippen molar-refractivity contribution < 1.29 is 0 Å². The van der Waals surface area contributed by atoms with E-state index >= 15 is 0 Å². The first-order chi connectivity index (χ1) is 9.06. The largest absolute Gasteiger partial charge is 0.305 e. The van der Waals surface area contributed by atoms with Crippen molar-refractivity contribution in [1.29, 1.82) is 0 Å². The monoisotopic (exact) mass is 299 g/mol. The summed E-state index contributed by atoms with van der Waals surface area (Å²) >= 11 is 11.8.